The number of rotatable bonds is 5. The first-order valence-electron chi connectivity index (χ1n) is 6.67. The van der Waals surface area contributed by atoms with Crippen molar-refractivity contribution in [3.05, 3.63) is 54.8 Å². The fraction of sp³-hybridized carbons (Fsp3) is 0.0714. The molecular weight excluding hydrogens is 280 g/mol. The van der Waals surface area contributed by atoms with Crippen LogP contribution < -0.4 is 16.8 Å². The summed E-state index contributed by atoms with van der Waals surface area (Å²) >= 11 is 0. The Kier molecular flexibility index (Phi) is 3.73. The number of anilines is 2. The van der Waals surface area contributed by atoms with Crippen molar-refractivity contribution in [2.45, 2.75) is 6.54 Å². The molecule has 0 spiro atoms. The van der Waals surface area contributed by atoms with Gasteiger partial charge in [0.15, 0.2) is 11.5 Å². The van der Waals surface area contributed by atoms with Crippen LogP contribution in [0.3, 0.4) is 0 Å². The summed E-state index contributed by atoms with van der Waals surface area (Å²) in [5.41, 5.74) is 13.5. The Morgan fingerprint density at radius 2 is 2.32 bits per heavy atom. The molecule has 0 amide bonds. The molecule has 0 saturated heterocycles. The number of aromatic nitrogens is 5. The minimum Gasteiger partial charge on any atom is -0.405 e. The van der Waals surface area contributed by atoms with Crippen molar-refractivity contribution in [2.75, 3.05) is 5.32 Å². The van der Waals surface area contributed by atoms with Crippen LogP contribution in [0, 0.1) is 0 Å². The van der Waals surface area contributed by atoms with E-state index in [2.05, 4.69) is 25.5 Å². The second-order valence-corrected chi connectivity index (χ2v) is 4.63. The van der Waals surface area contributed by atoms with Crippen LogP contribution in [-0.4, -0.2) is 24.7 Å². The van der Waals surface area contributed by atoms with Crippen LogP contribution in [0.4, 0.5) is 11.6 Å². The molecule has 3 heterocycles. The molecule has 0 saturated carbocycles. The van der Waals surface area contributed by atoms with Gasteiger partial charge < -0.3 is 21.4 Å². The maximum Gasteiger partial charge on any atom is 0.161 e. The van der Waals surface area contributed by atoms with E-state index in [0.717, 1.165) is 17.0 Å². The van der Waals surface area contributed by atoms with E-state index >= 15 is 0 Å². The van der Waals surface area contributed by atoms with Gasteiger partial charge in [-0.25, -0.2) is 9.97 Å². The fourth-order valence-corrected chi connectivity index (χ4v) is 2.03. The summed E-state index contributed by atoms with van der Waals surface area (Å²) in [6.07, 6.45) is 10.1. The van der Waals surface area contributed by atoms with Crippen molar-refractivity contribution < 1.29 is 0 Å². The number of hydrogen-bond acceptors (Lipinski definition) is 6. The van der Waals surface area contributed by atoms with Gasteiger partial charge in [-0.2, -0.15) is 5.10 Å². The molecule has 3 aromatic rings. The third-order valence-corrected chi connectivity index (χ3v) is 3.00. The van der Waals surface area contributed by atoms with Crippen molar-refractivity contribution >= 4 is 22.8 Å². The predicted molar refractivity (Wildman–Crippen MR) is 85.0 cm³/mol. The Hall–Kier alpha value is -3.29. The quantitative estimate of drug-likeness (QED) is 0.525. The molecule has 6 N–H and O–H groups in total. The zero-order valence-electron chi connectivity index (χ0n) is 11.8. The molecule has 22 heavy (non-hydrogen) atoms. The second-order valence-electron chi connectivity index (χ2n) is 4.63. The summed E-state index contributed by atoms with van der Waals surface area (Å²) in [5.74, 6) is 1.38. The van der Waals surface area contributed by atoms with E-state index in [-0.39, 0.29) is 0 Å². The highest BCUT2D eigenvalue weighted by Gasteiger charge is 2.06. The summed E-state index contributed by atoms with van der Waals surface area (Å²) in [5, 5.41) is 9.79. The van der Waals surface area contributed by atoms with Crippen LogP contribution in [0.1, 0.15) is 0 Å². The van der Waals surface area contributed by atoms with Gasteiger partial charge in [0.25, 0.3) is 0 Å². The number of aromatic amines is 1. The summed E-state index contributed by atoms with van der Waals surface area (Å²) in [6.45, 7) is 0.510. The molecule has 8 heteroatoms. The van der Waals surface area contributed by atoms with Crippen molar-refractivity contribution in [1.29, 1.82) is 0 Å². The topological polar surface area (TPSA) is 123 Å². The molecule has 8 nitrogen and oxygen atoms in total. The van der Waals surface area contributed by atoms with Gasteiger partial charge in [0.05, 0.1) is 18.9 Å². The second kappa shape index (κ2) is 6.00. The predicted octanol–water partition coefficient (Wildman–Crippen LogP) is 1.21. The Morgan fingerprint density at radius 1 is 1.41 bits per heavy atom. The molecular formula is C14H16N8. The third kappa shape index (κ3) is 2.90. The lowest BCUT2D eigenvalue weighted by Crippen LogP contribution is -2.08. The van der Waals surface area contributed by atoms with E-state index in [4.69, 9.17) is 11.5 Å². The first-order valence-corrected chi connectivity index (χ1v) is 6.67. The van der Waals surface area contributed by atoms with Gasteiger partial charge in [-0.15, -0.1) is 0 Å². The number of nitrogens with zero attached hydrogens (tertiary/aromatic N) is 4. The molecule has 0 radical (unpaired) electrons. The fourth-order valence-electron chi connectivity index (χ4n) is 2.03. The molecule has 0 bridgehead atoms. The lowest BCUT2D eigenvalue weighted by molar-refractivity contribution is 0.799. The first kappa shape index (κ1) is 13.7. The van der Waals surface area contributed by atoms with E-state index in [0.29, 0.717) is 18.1 Å². The van der Waals surface area contributed by atoms with Crippen molar-refractivity contribution in [1.82, 2.24) is 24.7 Å². The molecule has 0 fully saturated rings. The lowest BCUT2D eigenvalue weighted by atomic mass is 10.4. The van der Waals surface area contributed by atoms with Crippen LogP contribution >= 0.6 is 0 Å². The molecule has 0 aliphatic carbocycles. The van der Waals surface area contributed by atoms with E-state index < -0.39 is 0 Å². The van der Waals surface area contributed by atoms with Crippen molar-refractivity contribution in [2.24, 2.45) is 11.5 Å². The Balaban J connectivity index is 1.88. The number of nitrogens with one attached hydrogen (secondary N) is 2. The van der Waals surface area contributed by atoms with Crippen molar-refractivity contribution in [3.8, 4) is 0 Å². The minimum atomic E-state index is 0.510. The van der Waals surface area contributed by atoms with Gasteiger partial charge in [-0.1, -0.05) is 0 Å². The monoisotopic (exact) mass is 296 g/mol. The molecule has 0 aliphatic heterocycles. The Morgan fingerprint density at radius 3 is 3.09 bits per heavy atom. The summed E-state index contributed by atoms with van der Waals surface area (Å²) in [6, 6.07) is 3.71. The summed E-state index contributed by atoms with van der Waals surface area (Å²) < 4.78 is 1.93. The first-order chi connectivity index (χ1) is 10.8. The minimum absolute atomic E-state index is 0.510. The molecule has 112 valence electrons. The van der Waals surface area contributed by atoms with Crippen LogP contribution in [0.2, 0.25) is 0 Å². The number of hydrogen-bond donors (Lipinski definition) is 4. The number of nitrogens with two attached hydrogens (primary N) is 2. The number of allylic oxidation sites excluding steroid dienone is 3. The maximum absolute atomic E-state index is 5.95. The zero-order chi connectivity index (χ0) is 15.4. The largest absolute Gasteiger partial charge is 0.405 e. The Labute approximate surface area is 126 Å². The maximum atomic E-state index is 5.95. The van der Waals surface area contributed by atoms with Crippen LogP contribution in [0.5, 0.6) is 0 Å². The van der Waals surface area contributed by atoms with E-state index in [1.54, 1.807) is 24.5 Å². The van der Waals surface area contributed by atoms with Crippen LogP contribution in [-0.2, 0) is 6.54 Å². The molecule has 3 aromatic heterocycles. The third-order valence-electron chi connectivity index (χ3n) is 3.00. The zero-order valence-corrected chi connectivity index (χ0v) is 11.8. The number of H-pyrrole nitrogens is 1. The highest BCUT2D eigenvalue weighted by molar-refractivity contribution is 5.73. The highest BCUT2D eigenvalue weighted by Crippen LogP contribution is 2.16. The van der Waals surface area contributed by atoms with Gasteiger partial charge in [-0.05, 0) is 24.4 Å². The van der Waals surface area contributed by atoms with E-state index in [1.807, 2.05) is 22.9 Å². The highest BCUT2D eigenvalue weighted by atomic mass is 15.2. The molecule has 0 aromatic carbocycles. The SMILES string of the molecule is N/C=C\C=C(/N)Cn1ccc2ncc(Nc3ccn[nH]3)nc21. The average molecular weight is 296 g/mol. The van der Waals surface area contributed by atoms with Crippen LogP contribution in [0.25, 0.3) is 11.2 Å². The van der Waals surface area contributed by atoms with Crippen molar-refractivity contribution in [3.63, 3.8) is 0 Å². The standard InChI is InChI=1S/C14H16N8/c15-5-1-2-10(16)9-22-7-4-11-14(22)20-13(8-17-11)19-12-3-6-18-21-12/h1-8H,9,15-16H2,(H2,18,19,20,21)/b5-1-,10-2-. The van der Waals surface area contributed by atoms with Gasteiger partial charge in [0.1, 0.15) is 11.3 Å². The summed E-state index contributed by atoms with van der Waals surface area (Å²) in [4.78, 5) is 8.94. The van der Waals surface area contributed by atoms with E-state index in [1.165, 1.54) is 6.20 Å². The molecule has 0 aliphatic rings. The van der Waals surface area contributed by atoms with Gasteiger partial charge in [0.2, 0.25) is 0 Å². The average Bonchev–Trinajstić information content (AvgIpc) is 3.16. The van der Waals surface area contributed by atoms with Gasteiger partial charge >= 0.3 is 0 Å². The smallest absolute Gasteiger partial charge is 0.161 e. The molecule has 3 rings (SSSR count). The molecule has 0 atom stereocenters. The van der Waals surface area contributed by atoms with Gasteiger partial charge in [-0.3, -0.25) is 5.10 Å². The van der Waals surface area contributed by atoms with Crippen LogP contribution in [0.15, 0.2) is 54.8 Å². The number of fused-ring (bicyclic) bond motifs is 1. The van der Waals surface area contributed by atoms with E-state index in [9.17, 15) is 0 Å². The lowest BCUT2D eigenvalue weighted by Gasteiger charge is -2.06. The normalized spacial score (nSPS) is 12.3. The van der Waals surface area contributed by atoms with Gasteiger partial charge in [0, 0.05) is 18.0 Å². The Bertz CT molecular complexity index is 813. The summed E-state index contributed by atoms with van der Waals surface area (Å²) in [7, 11) is 0. The molecule has 0 unspecified atom stereocenters.